The van der Waals surface area contributed by atoms with Gasteiger partial charge in [-0.1, -0.05) is 48.5 Å². The quantitative estimate of drug-likeness (QED) is 0.129. The Hall–Kier alpha value is -2.24. The van der Waals surface area contributed by atoms with E-state index in [2.05, 4.69) is 72.9 Å². The van der Waals surface area contributed by atoms with Crippen LogP contribution in [0.25, 0.3) is 0 Å². The molecular formula is C30H43ClN4O2S. The van der Waals surface area contributed by atoms with Gasteiger partial charge in [-0.2, -0.15) is 0 Å². The lowest BCUT2D eigenvalue weighted by Crippen LogP contribution is -2.29. The normalized spacial score (nSPS) is 14.6. The highest BCUT2D eigenvalue weighted by Crippen LogP contribution is 2.34. The summed E-state index contributed by atoms with van der Waals surface area (Å²) in [5.74, 6) is 2.97. The molecule has 1 saturated heterocycles. The number of aryl methyl sites for hydroxylation is 1. The number of aromatic nitrogens is 1. The van der Waals surface area contributed by atoms with Crippen molar-refractivity contribution in [1.29, 1.82) is 0 Å². The van der Waals surface area contributed by atoms with Gasteiger partial charge in [0.1, 0.15) is 5.84 Å². The Balaban J connectivity index is 0.00000247. The molecule has 1 fully saturated rings. The van der Waals surface area contributed by atoms with Crippen LogP contribution in [0.2, 0.25) is 5.02 Å². The van der Waals surface area contributed by atoms with Crippen molar-refractivity contribution < 1.29 is 9.15 Å². The molecule has 1 aliphatic rings. The average Bonchev–Trinajstić information content (AvgIpc) is 3.36. The maximum Gasteiger partial charge on any atom is 0.199 e. The number of terminal acetylenes is 1. The first kappa shape index (κ1) is 32.0. The molecule has 0 radical (unpaired) electrons. The maximum atomic E-state index is 6.34. The van der Waals surface area contributed by atoms with Gasteiger partial charge in [0.25, 0.3) is 0 Å². The topological polar surface area (TPSA) is 54.1 Å². The number of nitrogens with zero attached hydrogens (tertiary/aromatic N) is 4. The van der Waals surface area contributed by atoms with Crippen molar-refractivity contribution in [2.75, 3.05) is 54.0 Å². The van der Waals surface area contributed by atoms with Crippen LogP contribution in [0.3, 0.4) is 0 Å². The van der Waals surface area contributed by atoms with E-state index in [0.717, 1.165) is 91.0 Å². The predicted molar refractivity (Wildman–Crippen MR) is 162 cm³/mol. The fourth-order valence-corrected chi connectivity index (χ4v) is 5.20. The molecule has 0 spiro atoms. The van der Waals surface area contributed by atoms with Gasteiger partial charge in [0.2, 0.25) is 0 Å². The van der Waals surface area contributed by atoms with Crippen molar-refractivity contribution >= 4 is 29.2 Å². The zero-order valence-electron chi connectivity index (χ0n) is 23.6. The van der Waals surface area contributed by atoms with E-state index in [9.17, 15) is 0 Å². The van der Waals surface area contributed by atoms with Gasteiger partial charge < -0.3 is 19.0 Å². The predicted octanol–water partition coefficient (Wildman–Crippen LogP) is 6.47. The number of allylic oxidation sites excluding steroid dienone is 1. The average molecular weight is 559 g/mol. The molecule has 0 N–H and O–H groups in total. The fourth-order valence-electron chi connectivity index (χ4n) is 4.16. The lowest BCUT2D eigenvalue weighted by molar-refractivity contribution is 0.0786. The standard InChI is InChI=1S/C28H41ClN4O2S.C2H2/c1-6-32(4)15-8-16-33(5)26(30-3)10-7-9-25-28(35-27(31-25)23-13-17-34-18-14-23)36-20-22-11-12-24(29)21(2)19-22;1-2/h7,10-12,19,23H,6,8-9,13-18,20H2,1-5H3;1-2H/b10-7-,30-26?;. The molecule has 38 heavy (non-hydrogen) atoms. The van der Waals surface area contributed by atoms with Crippen molar-refractivity contribution in [2.45, 2.75) is 56.3 Å². The summed E-state index contributed by atoms with van der Waals surface area (Å²) in [6.45, 7) is 8.90. The van der Waals surface area contributed by atoms with E-state index in [0.29, 0.717) is 12.3 Å². The van der Waals surface area contributed by atoms with Gasteiger partial charge in [-0.15, -0.1) is 12.8 Å². The molecule has 2 heterocycles. The molecule has 1 aromatic carbocycles. The van der Waals surface area contributed by atoms with Gasteiger partial charge in [-0.05, 0) is 69.6 Å². The number of oxazole rings is 1. The molecule has 0 unspecified atom stereocenters. The highest BCUT2D eigenvalue weighted by molar-refractivity contribution is 7.98. The molecule has 3 rings (SSSR count). The van der Waals surface area contributed by atoms with Crippen molar-refractivity contribution in [1.82, 2.24) is 14.8 Å². The van der Waals surface area contributed by atoms with Crippen LogP contribution in [0.5, 0.6) is 0 Å². The summed E-state index contributed by atoms with van der Waals surface area (Å²) < 4.78 is 11.9. The molecule has 2 aromatic rings. The van der Waals surface area contributed by atoms with Crippen molar-refractivity contribution in [3.63, 3.8) is 0 Å². The summed E-state index contributed by atoms with van der Waals surface area (Å²) in [7, 11) is 6.11. The van der Waals surface area contributed by atoms with Crippen LogP contribution in [0.15, 0.2) is 44.9 Å². The summed E-state index contributed by atoms with van der Waals surface area (Å²) in [6.07, 6.45) is 16.0. The number of halogens is 1. The molecule has 1 aliphatic heterocycles. The van der Waals surface area contributed by atoms with Gasteiger partial charge in [0.05, 0.1) is 5.69 Å². The summed E-state index contributed by atoms with van der Waals surface area (Å²) >= 11 is 7.91. The van der Waals surface area contributed by atoms with Gasteiger partial charge in [-0.25, -0.2) is 4.98 Å². The summed E-state index contributed by atoms with van der Waals surface area (Å²) in [5, 5.41) is 1.70. The highest BCUT2D eigenvalue weighted by atomic mass is 35.5. The first-order chi connectivity index (χ1) is 18.4. The second-order valence-electron chi connectivity index (χ2n) is 9.40. The molecule has 0 amide bonds. The highest BCUT2D eigenvalue weighted by Gasteiger charge is 2.23. The van der Waals surface area contributed by atoms with Crippen LogP contribution in [-0.2, 0) is 16.9 Å². The Morgan fingerprint density at radius 3 is 2.63 bits per heavy atom. The number of aliphatic imine (C=N–C) groups is 1. The van der Waals surface area contributed by atoms with Crippen LogP contribution in [0.4, 0.5) is 0 Å². The number of ether oxygens (including phenoxy) is 1. The van der Waals surface area contributed by atoms with E-state index in [1.54, 1.807) is 11.8 Å². The number of benzene rings is 1. The lowest BCUT2D eigenvalue weighted by Gasteiger charge is -2.21. The Morgan fingerprint density at radius 2 is 1.97 bits per heavy atom. The van der Waals surface area contributed by atoms with Crippen LogP contribution >= 0.6 is 23.4 Å². The first-order valence-electron chi connectivity index (χ1n) is 13.2. The monoisotopic (exact) mass is 558 g/mol. The number of amidine groups is 1. The van der Waals surface area contributed by atoms with E-state index in [1.807, 2.05) is 20.0 Å². The van der Waals surface area contributed by atoms with Gasteiger partial charge in [0.15, 0.2) is 11.0 Å². The Kier molecular flexibility index (Phi) is 14.6. The van der Waals surface area contributed by atoms with Crippen LogP contribution < -0.4 is 0 Å². The zero-order chi connectivity index (χ0) is 27.9. The minimum atomic E-state index is 0.328. The minimum absolute atomic E-state index is 0.328. The Morgan fingerprint density at radius 1 is 1.24 bits per heavy atom. The molecular weight excluding hydrogens is 516 g/mol. The van der Waals surface area contributed by atoms with Crippen molar-refractivity contribution in [3.05, 3.63) is 58.1 Å². The van der Waals surface area contributed by atoms with E-state index in [-0.39, 0.29) is 0 Å². The molecule has 0 saturated carbocycles. The van der Waals surface area contributed by atoms with Crippen LogP contribution in [0.1, 0.15) is 54.8 Å². The number of thioether (sulfide) groups is 1. The number of hydrogen-bond donors (Lipinski definition) is 0. The van der Waals surface area contributed by atoms with E-state index >= 15 is 0 Å². The van der Waals surface area contributed by atoms with Crippen LogP contribution in [0, 0.1) is 19.8 Å². The van der Waals surface area contributed by atoms with Gasteiger partial charge in [-0.3, -0.25) is 4.99 Å². The molecule has 1 aromatic heterocycles. The lowest BCUT2D eigenvalue weighted by atomic mass is 10.0. The zero-order valence-corrected chi connectivity index (χ0v) is 25.2. The molecule has 0 aliphatic carbocycles. The Labute approximate surface area is 238 Å². The molecule has 208 valence electrons. The molecule has 8 heteroatoms. The van der Waals surface area contributed by atoms with Crippen LogP contribution in [-0.4, -0.2) is 74.6 Å². The summed E-state index contributed by atoms with van der Waals surface area (Å²) in [6, 6.07) is 6.19. The third-order valence-corrected chi connectivity index (χ3v) is 8.10. The van der Waals surface area contributed by atoms with E-state index in [4.69, 9.17) is 25.7 Å². The second kappa shape index (κ2) is 17.4. The minimum Gasteiger partial charge on any atom is -0.434 e. The molecule has 0 atom stereocenters. The largest absolute Gasteiger partial charge is 0.434 e. The summed E-state index contributed by atoms with van der Waals surface area (Å²) in [5.41, 5.74) is 3.31. The SMILES string of the molecule is C#C.CCN(C)CCCN(C)C(/C=C\Cc1nc(C2CCOCC2)oc1SCc1ccc(Cl)c(C)c1)=NC. The van der Waals surface area contributed by atoms with E-state index in [1.165, 1.54) is 5.56 Å². The fraction of sp³-hybridized carbons (Fsp3) is 0.533. The van der Waals surface area contributed by atoms with E-state index < -0.39 is 0 Å². The summed E-state index contributed by atoms with van der Waals surface area (Å²) in [4.78, 5) is 14.0. The smallest absolute Gasteiger partial charge is 0.199 e. The number of rotatable bonds is 12. The maximum absolute atomic E-state index is 6.34. The second-order valence-corrected chi connectivity index (χ2v) is 10.8. The van der Waals surface area contributed by atoms with Crippen molar-refractivity contribution in [3.8, 4) is 12.8 Å². The third-order valence-electron chi connectivity index (χ3n) is 6.61. The molecule has 0 bridgehead atoms. The molecule has 6 nitrogen and oxygen atoms in total. The third kappa shape index (κ3) is 10.1. The first-order valence-corrected chi connectivity index (χ1v) is 14.6. The van der Waals surface area contributed by atoms with Crippen molar-refractivity contribution in [2.24, 2.45) is 4.99 Å². The Bertz CT molecular complexity index is 1060. The van der Waals surface area contributed by atoms with Gasteiger partial charge >= 0.3 is 0 Å². The number of hydrogen-bond acceptors (Lipinski definition) is 6. The van der Waals surface area contributed by atoms with Gasteiger partial charge in [0, 0.05) is 57.0 Å². The number of likely N-dealkylation sites (N-methyl/N-ethyl adjacent to an activating group) is 1.